The average molecular weight is 439 g/mol. The summed E-state index contributed by atoms with van der Waals surface area (Å²) in [7, 11) is 1.42. The van der Waals surface area contributed by atoms with E-state index in [9.17, 15) is 9.18 Å². The minimum Gasteiger partial charge on any atom is -0.492 e. The van der Waals surface area contributed by atoms with Gasteiger partial charge in [0.25, 0.3) is 11.9 Å². The van der Waals surface area contributed by atoms with Crippen LogP contribution in [0.4, 0.5) is 10.2 Å². The molecule has 1 amide bonds. The lowest BCUT2D eigenvalue weighted by atomic mass is 9.93. The molecule has 2 fully saturated rings. The average Bonchev–Trinajstić information content (AvgIpc) is 3.38. The molecule has 1 N–H and O–H groups in total. The van der Waals surface area contributed by atoms with Crippen molar-refractivity contribution in [2.45, 2.75) is 51.0 Å². The minimum atomic E-state index is -0.608. The van der Waals surface area contributed by atoms with Gasteiger partial charge in [-0.15, -0.1) is 0 Å². The maximum Gasteiger partial charge on any atom is 0.291 e. The Balaban J connectivity index is 1.33. The van der Waals surface area contributed by atoms with E-state index in [-0.39, 0.29) is 28.9 Å². The fourth-order valence-corrected chi connectivity index (χ4v) is 4.17. The number of hydrogen-bond acceptors (Lipinski definition) is 7. The number of ether oxygens (including phenoxy) is 1. The van der Waals surface area contributed by atoms with Crippen molar-refractivity contribution in [1.29, 1.82) is 0 Å². The van der Waals surface area contributed by atoms with Crippen LogP contribution in [-0.2, 0) is 0 Å². The summed E-state index contributed by atoms with van der Waals surface area (Å²) < 4.78 is 24.6. The van der Waals surface area contributed by atoms with Crippen LogP contribution < -0.4 is 10.1 Å². The van der Waals surface area contributed by atoms with Crippen LogP contribution in [0.1, 0.15) is 60.6 Å². The standard InChI is InChI=1S/C23H26FN5O3/c1-13-12-15-19(28-23(2)8-9-23)26-20(27-21(15)32-13)22(30)29-10-6-14(7-11-29)16-4-5-17(31-3)18(24)25-16/h4-5,12,14H,6-11H2,1-3H3,(H,26,27,28). The number of pyridine rings is 1. The molecule has 4 heterocycles. The number of nitrogens with zero attached hydrogens (tertiary/aromatic N) is 4. The largest absolute Gasteiger partial charge is 0.492 e. The third kappa shape index (κ3) is 3.87. The maximum absolute atomic E-state index is 14.0. The van der Waals surface area contributed by atoms with Crippen molar-refractivity contribution in [3.63, 3.8) is 0 Å². The van der Waals surface area contributed by atoms with Crippen molar-refractivity contribution >= 4 is 22.8 Å². The Labute approximate surface area is 185 Å². The molecule has 0 bridgehead atoms. The van der Waals surface area contributed by atoms with E-state index >= 15 is 0 Å². The zero-order valence-electron chi connectivity index (χ0n) is 18.4. The van der Waals surface area contributed by atoms with Gasteiger partial charge >= 0.3 is 0 Å². The number of nitrogens with one attached hydrogen (secondary N) is 1. The molecule has 5 rings (SSSR count). The number of likely N-dealkylation sites (tertiary alicyclic amines) is 1. The van der Waals surface area contributed by atoms with Crippen molar-refractivity contribution in [3.05, 3.63) is 41.4 Å². The summed E-state index contributed by atoms with van der Waals surface area (Å²) in [5.41, 5.74) is 1.11. The van der Waals surface area contributed by atoms with Gasteiger partial charge in [0.05, 0.1) is 12.5 Å². The molecule has 8 nitrogen and oxygen atoms in total. The number of methoxy groups -OCH3 is 1. The maximum atomic E-state index is 14.0. The van der Waals surface area contributed by atoms with Crippen LogP contribution in [0.5, 0.6) is 5.75 Å². The number of rotatable bonds is 5. The van der Waals surface area contributed by atoms with Gasteiger partial charge in [-0.25, -0.2) is 9.97 Å². The molecule has 32 heavy (non-hydrogen) atoms. The molecule has 0 radical (unpaired) electrons. The highest BCUT2D eigenvalue weighted by molar-refractivity contribution is 5.95. The number of amides is 1. The molecule has 1 saturated carbocycles. The molecule has 0 aromatic carbocycles. The molecule has 1 aliphatic heterocycles. The molecular weight excluding hydrogens is 413 g/mol. The molecular formula is C23H26FN5O3. The first-order chi connectivity index (χ1) is 15.3. The Morgan fingerprint density at radius 2 is 2.00 bits per heavy atom. The van der Waals surface area contributed by atoms with E-state index in [2.05, 4.69) is 27.2 Å². The number of carbonyl (C=O) groups is 1. The van der Waals surface area contributed by atoms with Gasteiger partial charge in [-0.05, 0) is 57.7 Å². The van der Waals surface area contributed by atoms with Gasteiger partial charge in [-0.2, -0.15) is 9.37 Å². The predicted molar refractivity (Wildman–Crippen MR) is 116 cm³/mol. The van der Waals surface area contributed by atoms with Crippen molar-refractivity contribution in [2.75, 3.05) is 25.5 Å². The van der Waals surface area contributed by atoms with Crippen molar-refractivity contribution < 1.29 is 18.3 Å². The van der Waals surface area contributed by atoms with Crippen LogP contribution in [0.15, 0.2) is 22.6 Å². The number of aryl methyl sites for hydroxylation is 1. The third-order valence-electron chi connectivity index (χ3n) is 6.38. The fraction of sp³-hybridized carbons (Fsp3) is 0.478. The van der Waals surface area contributed by atoms with Crippen molar-refractivity contribution in [3.8, 4) is 5.75 Å². The van der Waals surface area contributed by atoms with Gasteiger partial charge < -0.3 is 19.4 Å². The van der Waals surface area contributed by atoms with Crippen LogP contribution in [-0.4, -0.2) is 51.5 Å². The molecule has 0 atom stereocenters. The second-order valence-corrected chi connectivity index (χ2v) is 8.95. The van der Waals surface area contributed by atoms with Crippen LogP contribution >= 0.6 is 0 Å². The van der Waals surface area contributed by atoms with Gasteiger partial charge in [0.1, 0.15) is 11.6 Å². The van der Waals surface area contributed by atoms with Gasteiger partial charge in [-0.1, -0.05) is 0 Å². The SMILES string of the molecule is COc1ccc(C2CCN(C(=O)c3nc(NC4(C)CC4)c4cc(C)oc4n3)CC2)nc1F. The normalized spacial score (nSPS) is 18.1. The van der Waals surface area contributed by atoms with E-state index in [4.69, 9.17) is 9.15 Å². The molecule has 0 unspecified atom stereocenters. The second kappa shape index (κ2) is 7.72. The quantitative estimate of drug-likeness (QED) is 0.599. The topological polar surface area (TPSA) is 93.4 Å². The molecule has 1 aliphatic carbocycles. The highest BCUT2D eigenvalue weighted by Gasteiger charge is 2.38. The summed E-state index contributed by atoms with van der Waals surface area (Å²) in [5, 5.41) is 4.24. The number of aromatic nitrogens is 3. The predicted octanol–water partition coefficient (Wildman–Crippen LogP) is 4.06. The van der Waals surface area contributed by atoms with E-state index in [1.165, 1.54) is 7.11 Å². The number of halogens is 1. The number of fused-ring (bicyclic) bond motifs is 1. The van der Waals surface area contributed by atoms with E-state index in [0.717, 1.165) is 24.0 Å². The van der Waals surface area contributed by atoms with Crippen molar-refractivity contribution in [2.24, 2.45) is 0 Å². The van der Waals surface area contributed by atoms with Gasteiger partial charge in [-0.3, -0.25) is 4.79 Å². The van der Waals surface area contributed by atoms with Crippen molar-refractivity contribution in [1.82, 2.24) is 19.9 Å². The summed E-state index contributed by atoms with van der Waals surface area (Å²) in [4.78, 5) is 28.0. The minimum absolute atomic E-state index is 0.00571. The summed E-state index contributed by atoms with van der Waals surface area (Å²) >= 11 is 0. The van der Waals surface area contributed by atoms with E-state index in [1.807, 2.05) is 13.0 Å². The van der Waals surface area contributed by atoms with Gasteiger partial charge in [0.2, 0.25) is 11.5 Å². The van der Waals surface area contributed by atoms with Gasteiger partial charge in [0, 0.05) is 30.2 Å². The lowest BCUT2D eigenvalue weighted by Gasteiger charge is -2.31. The zero-order valence-corrected chi connectivity index (χ0v) is 18.4. The lowest BCUT2D eigenvalue weighted by Crippen LogP contribution is -2.39. The van der Waals surface area contributed by atoms with Crippen LogP contribution in [0.2, 0.25) is 0 Å². The highest BCUT2D eigenvalue weighted by Crippen LogP contribution is 2.39. The molecule has 3 aromatic rings. The molecule has 3 aromatic heterocycles. The Bertz CT molecular complexity index is 1180. The van der Waals surface area contributed by atoms with E-state index in [0.29, 0.717) is 43.2 Å². The first kappa shape index (κ1) is 20.7. The van der Waals surface area contributed by atoms with Crippen LogP contribution in [0.3, 0.4) is 0 Å². The first-order valence-corrected chi connectivity index (χ1v) is 10.9. The molecule has 168 valence electrons. The fourth-order valence-electron chi connectivity index (χ4n) is 4.17. The Morgan fingerprint density at radius 1 is 1.25 bits per heavy atom. The second-order valence-electron chi connectivity index (χ2n) is 8.95. The Morgan fingerprint density at radius 3 is 2.66 bits per heavy atom. The van der Waals surface area contributed by atoms with Crippen LogP contribution in [0.25, 0.3) is 11.1 Å². The Kier molecular flexibility index (Phi) is 4.98. The lowest BCUT2D eigenvalue weighted by molar-refractivity contribution is 0.0699. The summed E-state index contributed by atoms with van der Waals surface area (Å²) in [6.45, 7) is 5.04. The zero-order chi connectivity index (χ0) is 22.5. The van der Waals surface area contributed by atoms with E-state index < -0.39 is 5.95 Å². The molecule has 1 saturated heterocycles. The number of anilines is 1. The number of hydrogen-bond donors (Lipinski definition) is 1. The van der Waals surface area contributed by atoms with Crippen LogP contribution in [0, 0.1) is 12.9 Å². The summed E-state index contributed by atoms with van der Waals surface area (Å²) in [6, 6.07) is 5.28. The first-order valence-electron chi connectivity index (χ1n) is 10.9. The number of furan rings is 1. The Hall–Kier alpha value is -3.23. The van der Waals surface area contributed by atoms with E-state index in [1.54, 1.807) is 17.0 Å². The highest BCUT2D eigenvalue weighted by atomic mass is 19.1. The molecule has 9 heteroatoms. The number of carbonyl (C=O) groups excluding carboxylic acids is 1. The molecule has 0 spiro atoms. The smallest absolute Gasteiger partial charge is 0.291 e. The number of piperidine rings is 1. The third-order valence-corrected chi connectivity index (χ3v) is 6.38. The van der Waals surface area contributed by atoms with Gasteiger partial charge in [0.15, 0.2) is 5.75 Å². The molecule has 2 aliphatic rings. The summed E-state index contributed by atoms with van der Waals surface area (Å²) in [6.07, 6.45) is 3.50. The summed E-state index contributed by atoms with van der Waals surface area (Å²) in [5.74, 6) is 0.881. The monoisotopic (exact) mass is 439 g/mol.